The van der Waals surface area contributed by atoms with Gasteiger partial charge in [0.2, 0.25) is 0 Å². The third-order valence-corrected chi connectivity index (χ3v) is 3.88. The van der Waals surface area contributed by atoms with Crippen LogP contribution in [0.3, 0.4) is 0 Å². The average Bonchev–Trinajstić information content (AvgIpc) is 3.09. The first-order chi connectivity index (χ1) is 8.33. The second-order valence-electron chi connectivity index (χ2n) is 4.92. The van der Waals surface area contributed by atoms with Crippen molar-refractivity contribution in [1.82, 2.24) is 4.98 Å². The van der Waals surface area contributed by atoms with Gasteiger partial charge in [0.1, 0.15) is 0 Å². The molecule has 1 aliphatic heterocycles. The molecule has 1 aromatic carbocycles. The molecule has 1 fully saturated rings. The van der Waals surface area contributed by atoms with E-state index in [1.165, 1.54) is 11.3 Å². The Balaban J connectivity index is 1.98. The van der Waals surface area contributed by atoms with E-state index in [2.05, 4.69) is 0 Å². The van der Waals surface area contributed by atoms with Gasteiger partial charge in [0.05, 0.1) is 17.7 Å². The smallest absolute Gasteiger partial charge is 0.0883 e. The van der Waals surface area contributed by atoms with E-state index in [-0.39, 0.29) is 0 Å². The van der Waals surface area contributed by atoms with E-state index in [1.54, 1.807) is 0 Å². The van der Waals surface area contributed by atoms with Crippen LogP contribution in [0.4, 0.5) is 5.69 Å². The van der Waals surface area contributed by atoms with Crippen LogP contribution in [-0.4, -0.2) is 17.2 Å². The fourth-order valence-corrected chi connectivity index (χ4v) is 2.86. The highest BCUT2D eigenvalue weighted by Crippen LogP contribution is 2.38. The molecule has 3 nitrogen and oxygen atoms in total. The van der Waals surface area contributed by atoms with E-state index in [4.69, 9.17) is 15.5 Å². The Morgan fingerprint density at radius 3 is 3.06 bits per heavy atom. The number of aryl methyl sites for hydroxylation is 1. The second kappa shape index (κ2) is 3.20. The summed E-state index contributed by atoms with van der Waals surface area (Å²) in [4.78, 5) is 4.76. The quantitative estimate of drug-likeness (QED) is 0.700. The molecule has 1 aliphatic carbocycles. The molecule has 0 spiro atoms. The fourth-order valence-electron chi connectivity index (χ4n) is 2.86. The maximum atomic E-state index is 6.29. The number of epoxide rings is 1. The Morgan fingerprint density at radius 2 is 2.12 bits per heavy atom. The predicted octanol–water partition coefficient (Wildman–Crippen LogP) is 2.07. The normalized spacial score (nSPS) is 26.1. The fraction of sp³-hybridized carbons (Fsp3) is 0.357. The summed E-state index contributed by atoms with van der Waals surface area (Å²) in [6.45, 7) is 0. The van der Waals surface area contributed by atoms with Crippen molar-refractivity contribution in [3.63, 3.8) is 0 Å². The Morgan fingerprint density at radius 1 is 1.24 bits per heavy atom. The number of nitrogen functional groups attached to an aromatic ring is 1. The largest absolute Gasteiger partial charge is 0.398 e. The minimum Gasteiger partial charge on any atom is -0.398 e. The standard InChI is InChI=1S/C14H14N2O/c15-14-8-3-1-2-4-10(8)16-11-5-6-12-13(17-12)7-9(11)14/h1-4,12-13H,5-7H2,(H2,15,16). The van der Waals surface area contributed by atoms with Gasteiger partial charge in [-0.1, -0.05) is 18.2 Å². The first-order valence-electron chi connectivity index (χ1n) is 6.14. The van der Waals surface area contributed by atoms with Crippen molar-refractivity contribution in [2.24, 2.45) is 0 Å². The van der Waals surface area contributed by atoms with Crippen LogP contribution in [0.1, 0.15) is 17.7 Å². The summed E-state index contributed by atoms with van der Waals surface area (Å²) >= 11 is 0. The van der Waals surface area contributed by atoms with Gasteiger partial charge >= 0.3 is 0 Å². The summed E-state index contributed by atoms with van der Waals surface area (Å²) in [6, 6.07) is 8.11. The molecule has 2 atom stereocenters. The number of aromatic nitrogens is 1. The van der Waals surface area contributed by atoms with Crippen LogP contribution in [0.15, 0.2) is 24.3 Å². The van der Waals surface area contributed by atoms with Crippen molar-refractivity contribution in [1.29, 1.82) is 0 Å². The number of rotatable bonds is 0. The Bertz CT molecular complexity index is 608. The van der Waals surface area contributed by atoms with Gasteiger partial charge in [-0.25, -0.2) is 0 Å². The number of nitrogens with zero attached hydrogens (tertiary/aromatic N) is 1. The van der Waals surface area contributed by atoms with E-state index in [9.17, 15) is 0 Å². The third-order valence-electron chi connectivity index (χ3n) is 3.88. The second-order valence-corrected chi connectivity index (χ2v) is 4.92. The monoisotopic (exact) mass is 226 g/mol. The summed E-state index contributed by atoms with van der Waals surface area (Å²) in [5.74, 6) is 0. The Kier molecular flexibility index (Phi) is 1.77. The van der Waals surface area contributed by atoms with E-state index < -0.39 is 0 Å². The van der Waals surface area contributed by atoms with Gasteiger partial charge in [-0.3, -0.25) is 4.98 Å². The van der Waals surface area contributed by atoms with Gasteiger partial charge in [0, 0.05) is 23.2 Å². The molecule has 3 heteroatoms. The molecule has 2 heterocycles. The lowest BCUT2D eigenvalue weighted by Gasteiger charge is -2.12. The molecule has 0 saturated carbocycles. The van der Waals surface area contributed by atoms with Gasteiger partial charge in [0.15, 0.2) is 0 Å². The van der Waals surface area contributed by atoms with Gasteiger partial charge in [-0.15, -0.1) is 0 Å². The lowest BCUT2D eigenvalue weighted by Crippen LogP contribution is -2.05. The zero-order chi connectivity index (χ0) is 11.4. The van der Waals surface area contributed by atoms with Crippen LogP contribution in [0.2, 0.25) is 0 Å². The number of ether oxygens (including phenoxy) is 1. The van der Waals surface area contributed by atoms with Gasteiger partial charge in [0.25, 0.3) is 0 Å². The molecule has 4 rings (SSSR count). The van der Waals surface area contributed by atoms with E-state index in [0.29, 0.717) is 12.2 Å². The van der Waals surface area contributed by atoms with Crippen LogP contribution in [0.25, 0.3) is 10.9 Å². The molecule has 2 N–H and O–H groups in total. The average molecular weight is 226 g/mol. The number of anilines is 1. The van der Waals surface area contributed by atoms with Crippen LogP contribution < -0.4 is 5.73 Å². The lowest BCUT2D eigenvalue weighted by atomic mass is 10.0. The van der Waals surface area contributed by atoms with Crippen LogP contribution in [0, 0.1) is 0 Å². The van der Waals surface area contributed by atoms with E-state index in [0.717, 1.165) is 35.9 Å². The number of pyridine rings is 1. The van der Waals surface area contributed by atoms with Crippen molar-refractivity contribution >= 4 is 16.6 Å². The highest BCUT2D eigenvalue weighted by Gasteiger charge is 2.41. The topological polar surface area (TPSA) is 51.4 Å². The summed E-state index contributed by atoms with van der Waals surface area (Å²) in [5.41, 5.74) is 10.6. The van der Waals surface area contributed by atoms with Crippen molar-refractivity contribution in [2.45, 2.75) is 31.5 Å². The molecule has 1 aromatic heterocycles. The highest BCUT2D eigenvalue weighted by molar-refractivity contribution is 5.92. The number of hydrogen-bond donors (Lipinski definition) is 1. The number of benzene rings is 1. The molecule has 17 heavy (non-hydrogen) atoms. The first-order valence-corrected chi connectivity index (χ1v) is 6.14. The Hall–Kier alpha value is -1.61. The minimum atomic E-state index is 0.390. The summed E-state index contributed by atoms with van der Waals surface area (Å²) < 4.78 is 5.60. The third kappa shape index (κ3) is 1.35. The molecular weight excluding hydrogens is 212 g/mol. The Labute approximate surface area is 99.6 Å². The molecule has 0 radical (unpaired) electrons. The van der Waals surface area contributed by atoms with Crippen molar-refractivity contribution in [2.75, 3.05) is 5.73 Å². The molecule has 86 valence electrons. The molecule has 0 amide bonds. The number of fused-ring (bicyclic) bond motifs is 3. The van der Waals surface area contributed by atoms with Gasteiger partial charge < -0.3 is 10.5 Å². The zero-order valence-electron chi connectivity index (χ0n) is 9.52. The molecule has 2 unspecified atom stereocenters. The molecule has 2 aliphatic rings. The number of para-hydroxylation sites is 1. The summed E-state index contributed by atoms with van der Waals surface area (Å²) in [7, 11) is 0. The predicted molar refractivity (Wildman–Crippen MR) is 66.8 cm³/mol. The SMILES string of the molecule is Nc1c2c(nc3ccccc13)CCC1OC1C2. The van der Waals surface area contributed by atoms with Crippen LogP contribution in [0.5, 0.6) is 0 Å². The molecule has 1 saturated heterocycles. The van der Waals surface area contributed by atoms with Crippen molar-refractivity contribution in [3.05, 3.63) is 35.5 Å². The zero-order valence-corrected chi connectivity index (χ0v) is 9.52. The van der Waals surface area contributed by atoms with Crippen molar-refractivity contribution < 1.29 is 4.74 Å². The van der Waals surface area contributed by atoms with Gasteiger partial charge in [-0.05, 0) is 24.5 Å². The first kappa shape index (κ1) is 9.42. The molecule has 0 bridgehead atoms. The summed E-state index contributed by atoms with van der Waals surface area (Å²) in [5, 5.41) is 1.07. The summed E-state index contributed by atoms with van der Waals surface area (Å²) in [6.07, 6.45) is 3.85. The number of hydrogen-bond acceptors (Lipinski definition) is 3. The van der Waals surface area contributed by atoms with Crippen LogP contribution >= 0.6 is 0 Å². The minimum absolute atomic E-state index is 0.390. The van der Waals surface area contributed by atoms with Crippen LogP contribution in [-0.2, 0) is 17.6 Å². The molecular formula is C14H14N2O. The maximum absolute atomic E-state index is 6.29. The molecule has 2 aromatic rings. The number of nitrogens with two attached hydrogens (primary N) is 1. The highest BCUT2D eigenvalue weighted by atomic mass is 16.6. The van der Waals surface area contributed by atoms with Crippen molar-refractivity contribution in [3.8, 4) is 0 Å². The lowest BCUT2D eigenvalue weighted by molar-refractivity contribution is 0.357. The van der Waals surface area contributed by atoms with E-state index in [1.807, 2.05) is 24.3 Å². The van der Waals surface area contributed by atoms with E-state index >= 15 is 0 Å². The maximum Gasteiger partial charge on any atom is 0.0883 e. The van der Waals surface area contributed by atoms with Gasteiger partial charge in [-0.2, -0.15) is 0 Å².